The predicted molar refractivity (Wildman–Crippen MR) is 52.9 cm³/mol. The molecule has 0 saturated carbocycles. The molecule has 0 aromatic carbocycles. The number of hydrogen-bond acceptors (Lipinski definition) is 4. The third-order valence-corrected chi connectivity index (χ3v) is 2.63. The van der Waals surface area contributed by atoms with Gasteiger partial charge in [-0.1, -0.05) is 0 Å². The van der Waals surface area contributed by atoms with Crippen molar-refractivity contribution in [2.24, 2.45) is 11.1 Å². The van der Waals surface area contributed by atoms with Crippen molar-refractivity contribution in [2.45, 2.75) is 6.54 Å². The van der Waals surface area contributed by atoms with E-state index in [1.165, 1.54) is 0 Å². The maximum absolute atomic E-state index is 11.8. The van der Waals surface area contributed by atoms with Gasteiger partial charge in [0.15, 0.2) is 0 Å². The van der Waals surface area contributed by atoms with Crippen molar-refractivity contribution in [1.82, 2.24) is 5.32 Å². The Bertz CT molecular complexity index is 325. The lowest BCUT2D eigenvalue weighted by Gasteiger charge is -2.38. The third kappa shape index (κ3) is 1.88. The van der Waals surface area contributed by atoms with Crippen LogP contribution in [0.4, 0.5) is 0 Å². The summed E-state index contributed by atoms with van der Waals surface area (Å²) in [7, 11) is 0. The Hall–Kier alpha value is -1.33. The lowest BCUT2D eigenvalue weighted by molar-refractivity contribution is -0.159. The second kappa shape index (κ2) is 4.04. The summed E-state index contributed by atoms with van der Waals surface area (Å²) in [6, 6.07) is 3.60. The second-order valence-corrected chi connectivity index (χ2v) is 3.74. The van der Waals surface area contributed by atoms with Gasteiger partial charge >= 0.3 is 0 Å². The molecular formula is C10H14N2O3. The number of ether oxygens (including phenoxy) is 1. The molecule has 2 rings (SSSR count). The molecule has 0 aliphatic carbocycles. The van der Waals surface area contributed by atoms with Crippen molar-refractivity contribution in [2.75, 3.05) is 19.8 Å². The minimum atomic E-state index is -0.521. The molecule has 5 nitrogen and oxygen atoms in total. The van der Waals surface area contributed by atoms with Crippen LogP contribution >= 0.6 is 0 Å². The average molecular weight is 210 g/mol. The highest BCUT2D eigenvalue weighted by Crippen LogP contribution is 2.26. The normalized spacial score (nSPS) is 18.2. The molecule has 1 fully saturated rings. The van der Waals surface area contributed by atoms with Crippen LogP contribution in [0.2, 0.25) is 0 Å². The smallest absolute Gasteiger partial charge is 0.232 e. The number of nitrogens with one attached hydrogen (secondary N) is 1. The van der Waals surface area contributed by atoms with Crippen LogP contribution in [0.5, 0.6) is 0 Å². The summed E-state index contributed by atoms with van der Waals surface area (Å²) in [5, 5.41) is 2.79. The molecule has 1 saturated heterocycles. The Labute approximate surface area is 87.6 Å². The number of carbonyl (C=O) groups excluding carboxylic acids is 1. The van der Waals surface area contributed by atoms with Gasteiger partial charge in [-0.3, -0.25) is 4.79 Å². The fraction of sp³-hybridized carbons (Fsp3) is 0.500. The summed E-state index contributed by atoms with van der Waals surface area (Å²) in [5.41, 5.74) is 5.03. The standard InChI is InChI=1S/C10H14N2O3/c11-5-10(6-14-7-10)9(13)12-4-8-2-1-3-15-8/h1-3H,4-7,11H2,(H,12,13). The van der Waals surface area contributed by atoms with Gasteiger partial charge in [0.1, 0.15) is 11.2 Å². The van der Waals surface area contributed by atoms with Crippen LogP contribution in [-0.2, 0) is 16.1 Å². The fourth-order valence-electron chi connectivity index (χ4n) is 1.46. The van der Waals surface area contributed by atoms with Gasteiger partial charge in [0.25, 0.3) is 0 Å². The van der Waals surface area contributed by atoms with E-state index in [1.807, 2.05) is 6.07 Å². The maximum Gasteiger partial charge on any atom is 0.232 e. The number of furan rings is 1. The molecule has 1 aliphatic rings. The molecule has 5 heteroatoms. The molecular weight excluding hydrogens is 196 g/mol. The number of rotatable bonds is 4. The van der Waals surface area contributed by atoms with Crippen molar-refractivity contribution in [3.63, 3.8) is 0 Å². The number of nitrogens with two attached hydrogens (primary N) is 1. The van der Waals surface area contributed by atoms with Crippen LogP contribution in [0, 0.1) is 5.41 Å². The molecule has 1 aromatic rings. The Morgan fingerprint density at radius 1 is 1.60 bits per heavy atom. The monoisotopic (exact) mass is 210 g/mol. The first-order valence-electron chi connectivity index (χ1n) is 4.85. The molecule has 0 atom stereocenters. The highest BCUT2D eigenvalue weighted by Gasteiger charge is 2.44. The van der Waals surface area contributed by atoms with Crippen LogP contribution in [0.15, 0.2) is 22.8 Å². The van der Waals surface area contributed by atoms with Gasteiger partial charge in [0, 0.05) is 6.54 Å². The molecule has 15 heavy (non-hydrogen) atoms. The zero-order chi connectivity index (χ0) is 10.7. The summed E-state index contributed by atoms with van der Waals surface area (Å²) in [6.07, 6.45) is 1.58. The van der Waals surface area contributed by atoms with Crippen molar-refractivity contribution >= 4 is 5.91 Å². The molecule has 0 radical (unpaired) electrons. The van der Waals surface area contributed by atoms with Crippen LogP contribution in [0.3, 0.4) is 0 Å². The van der Waals surface area contributed by atoms with Crippen molar-refractivity contribution in [1.29, 1.82) is 0 Å². The molecule has 0 spiro atoms. The SMILES string of the molecule is NCC1(C(=O)NCc2ccco2)COC1. The minimum absolute atomic E-state index is 0.0624. The van der Waals surface area contributed by atoms with E-state index < -0.39 is 5.41 Å². The molecule has 2 heterocycles. The summed E-state index contributed by atoms with van der Waals surface area (Å²) in [4.78, 5) is 11.8. The van der Waals surface area contributed by atoms with E-state index in [0.29, 0.717) is 26.3 Å². The quantitative estimate of drug-likeness (QED) is 0.725. The van der Waals surface area contributed by atoms with Gasteiger partial charge in [0.05, 0.1) is 26.0 Å². The zero-order valence-corrected chi connectivity index (χ0v) is 8.36. The Kier molecular flexibility index (Phi) is 2.75. The van der Waals surface area contributed by atoms with E-state index in [-0.39, 0.29) is 5.91 Å². The third-order valence-electron chi connectivity index (χ3n) is 2.63. The Balaban J connectivity index is 1.87. The molecule has 1 amide bonds. The Morgan fingerprint density at radius 2 is 2.40 bits per heavy atom. The highest BCUT2D eigenvalue weighted by molar-refractivity contribution is 5.83. The highest BCUT2D eigenvalue weighted by atomic mass is 16.5. The van der Waals surface area contributed by atoms with E-state index in [9.17, 15) is 4.79 Å². The summed E-state index contributed by atoms with van der Waals surface area (Å²) < 4.78 is 10.1. The van der Waals surface area contributed by atoms with Gasteiger partial charge < -0.3 is 20.2 Å². The van der Waals surface area contributed by atoms with Crippen molar-refractivity contribution < 1.29 is 13.9 Å². The molecule has 1 aliphatic heterocycles. The van der Waals surface area contributed by atoms with Crippen LogP contribution in [0.25, 0.3) is 0 Å². The first-order valence-corrected chi connectivity index (χ1v) is 4.85. The number of carbonyl (C=O) groups is 1. The Morgan fingerprint density at radius 3 is 2.87 bits per heavy atom. The van der Waals surface area contributed by atoms with Gasteiger partial charge in [-0.15, -0.1) is 0 Å². The molecule has 1 aromatic heterocycles. The van der Waals surface area contributed by atoms with E-state index in [2.05, 4.69) is 5.32 Å². The van der Waals surface area contributed by atoms with Crippen LogP contribution < -0.4 is 11.1 Å². The summed E-state index contributed by atoms with van der Waals surface area (Å²) in [6.45, 7) is 1.53. The maximum atomic E-state index is 11.8. The lowest BCUT2D eigenvalue weighted by Crippen LogP contribution is -2.58. The molecule has 3 N–H and O–H groups in total. The van der Waals surface area contributed by atoms with E-state index in [4.69, 9.17) is 14.9 Å². The zero-order valence-electron chi connectivity index (χ0n) is 8.36. The van der Waals surface area contributed by atoms with Gasteiger partial charge in [0.2, 0.25) is 5.91 Å². The van der Waals surface area contributed by atoms with Crippen molar-refractivity contribution in [3.05, 3.63) is 24.2 Å². The summed E-state index contributed by atoms with van der Waals surface area (Å²) >= 11 is 0. The average Bonchev–Trinajstić information content (AvgIpc) is 2.66. The van der Waals surface area contributed by atoms with E-state index in [1.54, 1.807) is 12.3 Å². The van der Waals surface area contributed by atoms with Gasteiger partial charge in [-0.05, 0) is 12.1 Å². The second-order valence-electron chi connectivity index (χ2n) is 3.74. The van der Waals surface area contributed by atoms with Crippen molar-refractivity contribution in [3.8, 4) is 0 Å². The number of hydrogen-bond donors (Lipinski definition) is 2. The minimum Gasteiger partial charge on any atom is -0.467 e. The van der Waals surface area contributed by atoms with E-state index in [0.717, 1.165) is 5.76 Å². The fourth-order valence-corrected chi connectivity index (χ4v) is 1.46. The first-order chi connectivity index (χ1) is 7.27. The summed E-state index contributed by atoms with van der Waals surface area (Å²) in [5.74, 6) is 0.670. The van der Waals surface area contributed by atoms with E-state index >= 15 is 0 Å². The van der Waals surface area contributed by atoms with Crippen LogP contribution in [0.1, 0.15) is 5.76 Å². The topological polar surface area (TPSA) is 77.5 Å². The van der Waals surface area contributed by atoms with Gasteiger partial charge in [-0.2, -0.15) is 0 Å². The molecule has 82 valence electrons. The molecule has 0 unspecified atom stereocenters. The van der Waals surface area contributed by atoms with Gasteiger partial charge in [-0.25, -0.2) is 0 Å². The lowest BCUT2D eigenvalue weighted by atomic mass is 9.85. The number of amides is 1. The molecule has 0 bridgehead atoms. The van der Waals surface area contributed by atoms with Crippen LogP contribution in [-0.4, -0.2) is 25.7 Å². The first kappa shape index (κ1) is 10.2. The largest absolute Gasteiger partial charge is 0.467 e. The predicted octanol–water partition coefficient (Wildman–Crippen LogP) is -0.129.